The predicted molar refractivity (Wildman–Crippen MR) is 153 cm³/mol. The Morgan fingerprint density at radius 1 is 0.974 bits per heavy atom. The minimum absolute atomic E-state index is 0.0528. The van der Waals surface area contributed by atoms with Crippen molar-refractivity contribution in [3.63, 3.8) is 0 Å². The van der Waals surface area contributed by atoms with Gasteiger partial charge in [0.2, 0.25) is 5.91 Å². The number of hydrogen-bond acceptors (Lipinski definition) is 5. The molecule has 0 saturated carbocycles. The molecule has 38 heavy (non-hydrogen) atoms. The van der Waals surface area contributed by atoms with Gasteiger partial charge < -0.3 is 10.3 Å². The summed E-state index contributed by atoms with van der Waals surface area (Å²) >= 11 is 7.46. The fourth-order valence-corrected chi connectivity index (χ4v) is 4.86. The number of fused-ring (bicyclic) bond motifs is 1. The van der Waals surface area contributed by atoms with E-state index in [2.05, 4.69) is 20.5 Å². The monoisotopic (exact) mass is 543 g/mol. The van der Waals surface area contributed by atoms with Crippen LogP contribution in [0.4, 0.5) is 5.69 Å². The zero-order chi connectivity index (χ0) is 26.9. The second-order valence-corrected chi connectivity index (χ2v) is 11.2. The van der Waals surface area contributed by atoms with Crippen LogP contribution in [0.15, 0.2) is 84.1 Å². The Morgan fingerprint density at radius 2 is 1.68 bits per heavy atom. The van der Waals surface area contributed by atoms with Crippen molar-refractivity contribution >= 4 is 51.6 Å². The molecule has 0 bridgehead atoms. The Hall–Kier alpha value is -3.88. The number of anilines is 1. The van der Waals surface area contributed by atoms with Crippen molar-refractivity contribution in [1.82, 2.24) is 19.7 Å². The van der Waals surface area contributed by atoms with Crippen LogP contribution in [-0.4, -0.2) is 37.2 Å². The normalized spacial score (nSPS) is 11.6. The van der Waals surface area contributed by atoms with Crippen LogP contribution in [0.2, 0.25) is 5.02 Å². The summed E-state index contributed by atoms with van der Waals surface area (Å²) in [5.41, 5.74) is 3.46. The summed E-state index contributed by atoms with van der Waals surface area (Å²) in [6, 6.07) is 22.4. The van der Waals surface area contributed by atoms with Gasteiger partial charge in [0.05, 0.1) is 5.75 Å². The lowest BCUT2D eigenvalue weighted by atomic mass is 9.95. The van der Waals surface area contributed by atoms with Gasteiger partial charge in [-0.15, -0.1) is 10.2 Å². The molecule has 9 heteroatoms. The maximum atomic E-state index is 13.0. The van der Waals surface area contributed by atoms with Crippen LogP contribution < -0.4 is 5.32 Å². The lowest BCUT2D eigenvalue weighted by Gasteiger charge is -2.17. The summed E-state index contributed by atoms with van der Waals surface area (Å²) < 4.78 is 1.94. The number of carbonyl (C=O) groups excluding carboxylic acids is 2. The second-order valence-electron chi connectivity index (χ2n) is 9.86. The van der Waals surface area contributed by atoms with E-state index in [0.29, 0.717) is 27.3 Å². The second kappa shape index (κ2) is 10.5. The molecule has 192 valence electrons. The minimum atomic E-state index is -0.503. The zero-order valence-corrected chi connectivity index (χ0v) is 22.7. The van der Waals surface area contributed by atoms with Crippen LogP contribution in [0, 0.1) is 5.41 Å². The zero-order valence-electron chi connectivity index (χ0n) is 21.2. The van der Waals surface area contributed by atoms with Crippen molar-refractivity contribution < 1.29 is 9.59 Å². The van der Waals surface area contributed by atoms with Gasteiger partial charge in [-0.05, 0) is 54.6 Å². The average Bonchev–Trinajstić information content (AvgIpc) is 3.51. The third-order valence-electron chi connectivity index (χ3n) is 6.03. The Bertz CT molecular complexity index is 1620. The van der Waals surface area contributed by atoms with E-state index in [4.69, 9.17) is 11.6 Å². The average molecular weight is 544 g/mol. The van der Waals surface area contributed by atoms with Crippen molar-refractivity contribution in [2.75, 3.05) is 11.1 Å². The van der Waals surface area contributed by atoms with Crippen molar-refractivity contribution in [3.8, 4) is 17.1 Å². The lowest BCUT2D eigenvalue weighted by molar-refractivity contribution is -0.123. The van der Waals surface area contributed by atoms with Crippen molar-refractivity contribution in [2.24, 2.45) is 5.41 Å². The fraction of sp³-hybridized carbons (Fsp3) is 0.172. The Balaban J connectivity index is 1.39. The SMILES string of the molecule is CC(C)(C)C(=O)Nc1ccc(C(=O)CSc2nnc(-c3c[nH]c4ccccc34)n2-c2ccc(Cl)cc2)cc1. The Morgan fingerprint density at radius 3 is 2.39 bits per heavy atom. The molecule has 0 aliphatic carbocycles. The number of hydrogen-bond donors (Lipinski definition) is 2. The summed E-state index contributed by atoms with van der Waals surface area (Å²) in [6.07, 6.45) is 1.92. The summed E-state index contributed by atoms with van der Waals surface area (Å²) in [5.74, 6) is 0.703. The standard InChI is InChI=1S/C29H26ClN5O2S/c1-29(2,3)27(37)32-20-12-8-18(9-13-20)25(36)17-38-28-34-33-26(35(28)21-14-10-19(30)11-15-21)23-16-31-24-7-5-4-6-22(23)24/h4-16,31H,17H2,1-3H3,(H,32,37). The summed E-state index contributed by atoms with van der Waals surface area (Å²) in [5, 5.41) is 14.1. The number of aromatic amines is 1. The van der Waals surface area contributed by atoms with Gasteiger partial charge in [-0.3, -0.25) is 14.2 Å². The van der Waals surface area contributed by atoms with Gasteiger partial charge in [0.25, 0.3) is 0 Å². The highest BCUT2D eigenvalue weighted by Gasteiger charge is 2.22. The molecule has 7 nitrogen and oxygen atoms in total. The van der Waals surface area contributed by atoms with E-state index >= 15 is 0 Å². The third kappa shape index (κ3) is 5.37. The van der Waals surface area contributed by atoms with E-state index < -0.39 is 5.41 Å². The largest absolute Gasteiger partial charge is 0.360 e. The first-order chi connectivity index (χ1) is 18.2. The van der Waals surface area contributed by atoms with E-state index in [1.54, 1.807) is 24.3 Å². The molecular formula is C29H26ClN5O2S. The molecule has 5 aromatic rings. The first-order valence-electron chi connectivity index (χ1n) is 12.1. The van der Waals surface area contributed by atoms with Crippen LogP contribution in [0.5, 0.6) is 0 Å². The van der Waals surface area contributed by atoms with Gasteiger partial charge in [0, 0.05) is 50.0 Å². The van der Waals surface area contributed by atoms with Crippen LogP contribution in [0.1, 0.15) is 31.1 Å². The molecule has 0 saturated heterocycles. The highest BCUT2D eigenvalue weighted by atomic mass is 35.5. The number of thioether (sulfide) groups is 1. The first kappa shape index (κ1) is 25.8. The smallest absolute Gasteiger partial charge is 0.229 e. The highest BCUT2D eigenvalue weighted by Crippen LogP contribution is 2.33. The summed E-state index contributed by atoms with van der Waals surface area (Å²) in [6.45, 7) is 5.55. The number of rotatable bonds is 7. The number of amides is 1. The molecule has 3 aromatic carbocycles. The van der Waals surface area contributed by atoms with Gasteiger partial charge in [-0.2, -0.15) is 0 Å². The number of ketones is 1. The quantitative estimate of drug-likeness (QED) is 0.170. The van der Waals surface area contributed by atoms with Crippen LogP contribution in [0.3, 0.4) is 0 Å². The van der Waals surface area contributed by atoms with Gasteiger partial charge in [0.15, 0.2) is 16.8 Å². The number of halogens is 1. The molecule has 1 amide bonds. The van der Waals surface area contributed by atoms with Crippen LogP contribution >= 0.6 is 23.4 Å². The molecule has 0 spiro atoms. The van der Waals surface area contributed by atoms with Crippen molar-refractivity contribution in [1.29, 1.82) is 0 Å². The van der Waals surface area contributed by atoms with Gasteiger partial charge in [-0.1, -0.05) is 62.3 Å². The van der Waals surface area contributed by atoms with Gasteiger partial charge in [0.1, 0.15) is 0 Å². The third-order valence-corrected chi connectivity index (χ3v) is 7.21. The van der Waals surface area contributed by atoms with Crippen LogP contribution in [-0.2, 0) is 4.79 Å². The predicted octanol–water partition coefficient (Wildman–Crippen LogP) is 7.03. The number of para-hydroxylation sites is 1. The number of aromatic nitrogens is 4. The highest BCUT2D eigenvalue weighted by molar-refractivity contribution is 7.99. The van der Waals surface area contributed by atoms with E-state index in [1.807, 2.05) is 80.1 Å². The maximum absolute atomic E-state index is 13.0. The molecule has 2 heterocycles. The van der Waals surface area contributed by atoms with E-state index in [1.165, 1.54) is 11.8 Å². The van der Waals surface area contributed by atoms with E-state index in [0.717, 1.165) is 22.2 Å². The number of carbonyl (C=O) groups is 2. The van der Waals surface area contributed by atoms with E-state index in [9.17, 15) is 9.59 Å². The topological polar surface area (TPSA) is 92.7 Å². The van der Waals surface area contributed by atoms with Gasteiger partial charge >= 0.3 is 0 Å². The summed E-state index contributed by atoms with van der Waals surface area (Å²) in [7, 11) is 0. The fourth-order valence-electron chi connectivity index (χ4n) is 3.89. The first-order valence-corrected chi connectivity index (χ1v) is 13.4. The molecular weight excluding hydrogens is 518 g/mol. The number of Topliss-reactive ketones (excluding diaryl/α,β-unsaturated/α-hetero) is 1. The minimum Gasteiger partial charge on any atom is -0.360 e. The molecule has 0 aliphatic heterocycles. The Kier molecular flexibility index (Phi) is 7.10. The van der Waals surface area contributed by atoms with E-state index in [-0.39, 0.29) is 17.4 Å². The van der Waals surface area contributed by atoms with Crippen molar-refractivity contribution in [2.45, 2.75) is 25.9 Å². The number of nitrogens with one attached hydrogen (secondary N) is 2. The molecule has 0 radical (unpaired) electrons. The maximum Gasteiger partial charge on any atom is 0.229 e. The summed E-state index contributed by atoms with van der Waals surface area (Å²) in [4.78, 5) is 28.5. The molecule has 0 aliphatic rings. The molecule has 2 aromatic heterocycles. The molecule has 0 unspecified atom stereocenters. The molecule has 0 atom stereocenters. The number of benzene rings is 3. The van der Waals surface area contributed by atoms with Gasteiger partial charge in [-0.25, -0.2) is 0 Å². The molecule has 2 N–H and O–H groups in total. The van der Waals surface area contributed by atoms with Crippen molar-refractivity contribution in [3.05, 3.63) is 89.6 Å². The molecule has 5 rings (SSSR count). The molecule has 0 fully saturated rings. The number of nitrogens with zero attached hydrogens (tertiary/aromatic N) is 3. The lowest BCUT2D eigenvalue weighted by Crippen LogP contribution is -2.27. The Labute approximate surface area is 229 Å². The van der Waals surface area contributed by atoms with Crippen LogP contribution in [0.25, 0.3) is 28.0 Å². The number of H-pyrrole nitrogens is 1.